The molecule has 276 valence electrons. The summed E-state index contributed by atoms with van der Waals surface area (Å²) >= 11 is 6.30. The van der Waals surface area contributed by atoms with Crippen molar-refractivity contribution in [1.82, 2.24) is 24.4 Å². The SMILES string of the molecule is C#CCOCCCCCCCCOCCN(C(C)=O)[C@H]1CCN(c2nc3cc(C4CCCCN4C(=O)c4cc(Cl)ccc4NC)nn3cc2C)C1. The van der Waals surface area contributed by atoms with Crippen LogP contribution in [-0.2, 0) is 14.3 Å². The maximum Gasteiger partial charge on any atom is 0.256 e. The lowest BCUT2D eigenvalue weighted by Crippen LogP contribution is -2.42. The van der Waals surface area contributed by atoms with E-state index in [2.05, 4.69) is 23.1 Å². The van der Waals surface area contributed by atoms with Gasteiger partial charge in [-0.3, -0.25) is 9.59 Å². The minimum Gasteiger partial charge on any atom is -0.387 e. The second-order valence-corrected chi connectivity index (χ2v) is 14.1. The van der Waals surface area contributed by atoms with Crippen molar-refractivity contribution in [3.05, 3.63) is 52.3 Å². The number of amides is 2. The Hall–Kier alpha value is -3.85. The molecule has 1 N–H and O–H groups in total. The van der Waals surface area contributed by atoms with Crippen LogP contribution in [0.1, 0.15) is 98.8 Å². The summed E-state index contributed by atoms with van der Waals surface area (Å²) in [5, 5.41) is 8.59. The number of hydrogen-bond acceptors (Lipinski definition) is 8. The molecule has 2 aliphatic rings. The molecule has 12 heteroatoms. The van der Waals surface area contributed by atoms with Gasteiger partial charge in [0, 0.05) is 81.9 Å². The van der Waals surface area contributed by atoms with Gasteiger partial charge in [-0.15, -0.1) is 6.42 Å². The van der Waals surface area contributed by atoms with Crippen LogP contribution in [0.15, 0.2) is 30.5 Å². The molecule has 1 aromatic carbocycles. The predicted octanol–water partition coefficient (Wildman–Crippen LogP) is 6.53. The molecule has 2 aromatic heterocycles. The zero-order chi connectivity index (χ0) is 36.2. The van der Waals surface area contributed by atoms with Gasteiger partial charge in [-0.1, -0.05) is 43.2 Å². The van der Waals surface area contributed by atoms with Gasteiger partial charge in [0.05, 0.1) is 29.9 Å². The lowest BCUT2D eigenvalue weighted by molar-refractivity contribution is -0.131. The van der Waals surface area contributed by atoms with Gasteiger partial charge in [0.1, 0.15) is 12.4 Å². The normalized spacial score (nSPS) is 17.5. The molecule has 2 saturated heterocycles. The van der Waals surface area contributed by atoms with Crippen LogP contribution in [0.5, 0.6) is 0 Å². The van der Waals surface area contributed by atoms with E-state index in [0.717, 1.165) is 99.5 Å². The van der Waals surface area contributed by atoms with Gasteiger partial charge in [0.2, 0.25) is 5.91 Å². The van der Waals surface area contributed by atoms with Gasteiger partial charge in [-0.05, 0) is 63.6 Å². The fourth-order valence-corrected chi connectivity index (χ4v) is 7.52. The molecule has 3 aromatic rings. The quantitative estimate of drug-likeness (QED) is 0.117. The van der Waals surface area contributed by atoms with Gasteiger partial charge in [0.15, 0.2) is 5.65 Å². The Morgan fingerprint density at radius 3 is 2.55 bits per heavy atom. The van der Waals surface area contributed by atoms with Crippen molar-refractivity contribution in [3.8, 4) is 12.3 Å². The monoisotopic (exact) mass is 719 g/mol. The van der Waals surface area contributed by atoms with Crippen molar-refractivity contribution in [2.45, 2.75) is 90.1 Å². The number of halogens is 1. The third kappa shape index (κ3) is 10.1. The summed E-state index contributed by atoms with van der Waals surface area (Å²) in [5.41, 5.74) is 3.92. The highest BCUT2D eigenvalue weighted by Gasteiger charge is 2.33. The number of piperidine rings is 1. The average Bonchev–Trinajstić information content (AvgIpc) is 3.78. The number of aryl methyl sites for hydroxylation is 1. The van der Waals surface area contributed by atoms with Crippen LogP contribution in [0, 0.1) is 19.3 Å². The molecule has 0 spiro atoms. The van der Waals surface area contributed by atoms with E-state index >= 15 is 0 Å². The lowest BCUT2D eigenvalue weighted by atomic mass is 9.98. The van der Waals surface area contributed by atoms with Crippen molar-refractivity contribution in [2.24, 2.45) is 0 Å². The summed E-state index contributed by atoms with van der Waals surface area (Å²) < 4.78 is 13.1. The molecule has 5 rings (SSSR count). The van der Waals surface area contributed by atoms with Crippen molar-refractivity contribution >= 4 is 40.6 Å². The number of rotatable bonds is 18. The first-order valence-electron chi connectivity index (χ1n) is 18.6. The van der Waals surface area contributed by atoms with Crippen LogP contribution in [0.4, 0.5) is 11.5 Å². The summed E-state index contributed by atoms with van der Waals surface area (Å²) in [6.07, 6.45) is 17.7. The fraction of sp³-hybridized carbons (Fsp3) is 0.590. The van der Waals surface area contributed by atoms with Crippen molar-refractivity contribution in [2.75, 3.05) is 69.9 Å². The standard InChI is InChI=1S/C39H54ClN7O4/c1-5-21-50-22-12-8-6-7-9-13-23-51-24-20-45(30(3)48)32-17-19-44(28-32)38-29(2)27-47-37(42-38)26-35(43-47)36-14-10-11-18-46(36)39(49)33-25-31(40)15-16-34(33)41-4/h1,15-16,25-27,32,36,41H,6-14,17-24,28H2,2-4H3/t32-,36?/m0/s1. The van der Waals surface area contributed by atoms with E-state index in [1.807, 2.05) is 39.7 Å². The number of aromatic nitrogens is 3. The minimum atomic E-state index is -0.154. The number of carbonyl (C=O) groups excluding carboxylic acids is 2. The van der Waals surface area contributed by atoms with E-state index in [1.165, 1.54) is 12.8 Å². The number of likely N-dealkylation sites (tertiary alicyclic amines) is 1. The third-order valence-electron chi connectivity index (χ3n) is 10.0. The molecule has 4 heterocycles. The van der Waals surface area contributed by atoms with Crippen LogP contribution in [0.2, 0.25) is 5.02 Å². The number of hydrogen-bond donors (Lipinski definition) is 1. The molecule has 2 amide bonds. The molecule has 2 fully saturated rings. The summed E-state index contributed by atoms with van der Waals surface area (Å²) in [5.74, 6) is 3.42. The summed E-state index contributed by atoms with van der Waals surface area (Å²) in [7, 11) is 1.81. The molecule has 2 atom stereocenters. The number of anilines is 2. The molecule has 0 aliphatic carbocycles. The summed E-state index contributed by atoms with van der Waals surface area (Å²) in [6, 6.07) is 7.32. The van der Waals surface area contributed by atoms with Gasteiger partial charge in [-0.25, -0.2) is 9.50 Å². The largest absolute Gasteiger partial charge is 0.387 e. The van der Waals surface area contributed by atoms with Gasteiger partial charge >= 0.3 is 0 Å². The van der Waals surface area contributed by atoms with E-state index in [4.69, 9.17) is 37.6 Å². The van der Waals surface area contributed by atoms with Gasteiger partial charge in [-0.2, -0.15) is 5.10 Å². The second-order valence-electron chi connectivity index (χ2n) is 13.7. The average molecular weight is 720 g/mol. The molecular formula is C39H54ClN7O4. The van der Waals surface area contributed by atoms with Gasteiger partial charge < -0.3 is 29.5 Å². The number of fused-ring (bicyclic) bond motifs is 1. The number of unbranched alkanes of at least 4 members (excludes halogenated alkanes) is 5. The Kier molecular flexibility index (Phi) is 14.4. The molecule has 0 bridgehead atoms. The van der Waals surface area contributed by atoms with E-state index in [0.29, 0.717) is 43.5 Å². The molecule has 0 radical (unpaired) electrons. The first-order valence-corrected chi connectivity index (χ1v) is 18.9. The number of ether oxygens (including phenoxy) is 2. The maximum atomic E-state index is 13.9. The smallest absolute Gasteiger partial charge is 0.256 e. The van der Waals surface area contributed by atoms with E-state index in [-0.39, 0.29) is 23.9 Å². The van der Waals surface area contributed by atoms with Crippen LogP contribution >= 0.6 is 11.6 Å². The van der Waals surface area contributed by atoms with Crippen LogP contribution in [0.3, 0.4) is 0 Å². The summed E-state index contributed by atoms with van der Waals surface area (Å²) in [6.45, 7) is 8.87. The van der Waals surface area contributed by atoms with E-state index in [1.54, 1.807) is 19.1 Å². The Balaban J connectivity index is 1.15. The molecule has 0 saturated carbocycles. The first-order chi connectivity index (χ1) is 24.8. The number of nitrogens with zero attached hydrogens (tertiary/aromatic N) is 6. The van der Waals surface area contributed by atoms with Crippen LogP contribution in [-0.4, -0.2) is 102 Å². The number of carbonyl (C=O) groups is 2. The highest BCUT2D eigenvalue weighted by Crippen LogP contribution is 2.34. The van der Waals surface area contributed by atoms with Crippen molar-refractivity contribution in [3.63, 3.8) is 0 Å². The first kappa shape index (κ1) is 38.4. The van der Waals surface area contributed by atoms with Crippen molar-refractivity contribution < 1.29 is 19.1 Å². The summed E-state index contributed by atoms with van der Waals surface area (Å²) in [4.78, 5) is 37.8. The highest BCUT2D eigenvalue weighted by molar-refractivity contribution is 6.31. The highest BCUT2D eigenvalue weighted by atomic mass is 35.5. The Bertz CT molecular complexity index is 1660. The maximum absolute atomic E-state index is 13.9. The molecule has 1 unspecified atom stereocenters. The topological polar surface area (TPSA) is 105 Å². The Morgan fingerprint density at radius 2 is 1.80 bits per heavy atom. The number of benzene rings is 1. The number of nitrogens with one attached hydrogen (secondary N) is 1. The molecule has 51 heavy (non-hydrogen) atoms. The van der Waals surface area contributed by atoms with Crippen LogP contribution in [0.25, 0.3) is 5.65 Å². The van der Waals surface area contributed by atoms with E-state index in [9.17, 15) is 9.59 Å². The molecule has 2 aliphatic heterocycles. The van der Waals surface area contributed by atoms with Crippen LogP contribution < -0.4 is 10.2 Å². The third-order valence-corrected chi connectivity index (χ3v) is 10.2. The second kappa shape index (κ2) is 19.1. The van der Waals surface area contributed by atoms with Gasteiger partial charge in [0.25, 0.3) is 5.91 Å². The molecule has 11 nitrogen and oxygen atoms in total. The zero-order valence-corrected chi connectivity index (χ0v) is 31.3. The van der Waals surface area contributed by atoms with Crippen molar-refractivity contribution in [1.29, 1.82) is 0 Å². The Morgan fingerprint density at radius 1 is 1.04 bits per heavy atom. The zero-order valence-electron chi connectivity index (χ0n) is 30.5. The number of terminal acetylenes is 1. The fourth-order valence-electron chi connectivity index (χ4n) is 7.35. The minimum absolute atomic E-state index is 0.0533. The lowest BCUT2D eigenvalue weighted by Gasteiger charge is -2.35. The van der Waals surface area contributed by atoms with E-state index < -0.39 is 0 Å². The molecular weight excluding hydrogens is 666 g/mol. The predicted molar refractivity (Wildman–Crippen MR) is 203 cm³/mol. The Labute approximate surface area is 308 Å².